The summed E-state index contributed by atoms with van der Waals surface area (Å²) in [6, 6.07) is 4.85. The molecule has 0 atom stereocenters. The zero-order valence-corrected chi connectivity index (χ0v) is 13.8. The van der Waals surface area contributed by atoms with E-state index in [-0.39, 0.29) is 11.4 Å². The monoisotopic (exact) mass is 322 g/mol. The summed E-state index contributed by atoms with van der Waals surface area (Å²) < 4.78 is 15.6. The van der Waals surface area contributed by atoms with E-state index in [0.29, 0.717) is 30.9 Å². The van der Waals surface area contributed by atoms with Crippen LogP contribution < -0.4 is 10.5 Å². The first-order valence-corrected chi connectivity index (χ1v) is 7.63. The molecule has 0 amide bonds. The quantitative estimate of drug-likeness (QED) is 0.692. The average Bonchev–Trinajstić information content (AvgIpc) is 2.51. The van der Waals surface area contributed by atoms with Gasteiger partial charge in [-0.05, 0) is 24.6 Å². The minimum Gasteiger partial charge on any atom is -0.508 e. The van der Waals surface area contributed by atoms with Crippen LogP contribution in [0.3, 0.4) is 0 Å². The molecule has 1 aromatic carbocycles. The van der Waals surface area contributed by atoms with Gasteiger partial charge in [-0.3, -0.25) is 0 Å². The molecule has 0 bridgehead atoms. The van der Waals surface area contributed by atoms with Crippen molar-refractivity contribution >= 4 is 11.0 Å². The summed E-state index contributed by atoms with van der Waals surface area (Å²) in [4.78, 5) is 13.1. The molecule has 6 heteroatoms. The van der Waals surface area contributed by atoms with Crippen LogP contribution in [0.15, 0.2) is 27.4 Å². The third kappa shape index (κ3) is 4.54. The molecule has 2 aromatic rings. The van der Waals surface area contributed by atoms with E-state index in [1.54, 1.807) is 33.3 Å². The lowest BCUT2D eigenvalue weighted by atomic mass is 10.1. The summed E-state index contributed by atoms with van der Waals surface area (Å²) in [5.74, 6) is 0.197. The molecular weight excluding hydrogens is 298 g/mol. The zero-order valence-electron chi connectivity index (χ0n) is 13.8. The third-order valence-corrected chi connectivity index (χ3v) is 3.91. The second kappa shape index (κ2) is 8.10. The van der Waals surface area contributed by atoms with Crippen molar-refractivity contribution in [2.24, 2.45) is 0 Å². The van der Waals surface area contributed by atoms with Crippen molar-refractivity contribution in [3.63, 3.8) is 0 Å². The van der Waals surface area contributed by atoms with Crippen LogP contribution >= 0.6 is 0 Å². The molecule has 0 aliphatic rings. The van der Waals surface area contributed by atoms with Gasteiger partial charge in [-0.15, -0.1) is 0 Å². The van der Waals surface area contributed by atoms with Crippen molar-refractivity contribution in [3.8, 4) is 5.75 Å². The Balaban J connectivity index is 2.36. The highest BCUT2D eigenvalue weighted by molar-refractivity contribution is 5.82. The number of quaternary nitrogens is 1. The summed E-state index contributed by atoms with van der Waals surface area (Å²) in [5.41, 5.74) is 1.66. The number of phenols is 1. The minimum absolute atomic E-state index is 0.197. The predicted molar refractivity (Wildman–Crippen MR) is 87.0 cm³/mol. The smallest absolute Gasteiger partial charge is 0.336 e. The molecule has 6 nitrogen and oxygen atoms in total. The number of ether oxygens (including phenoxy) is 2. The number of rotatable bonds is 8. The van der Waals surface area contributed by atoms with Crippen LogP contribution in [0.2, 0.25) is 0 Å². The highest BCUT2D eigenvalue weighted by Gasteiger charge is 2.15. The molecule has 0 fully saturated rings. The minimum atomic E-state index is -0.379. The van der Waals surface area contributed by atoms with Crippen LogP contribution in [0, 0.1) is 6.92 Å². The van der Waals surface area contributed by atoms with Gasteiger partial charge in [-0.2, -0.15) is 0 Å². The first-order chi connectivity index (χ1) is 11.0. The number of aryl methyl sites for hydroxylation is 1. The Hall–Kier alpha value is -1.89. The van der Waals surface area contributed by atoms with Gasteiger partial charge in [0.2, 0.25) is 0 Å². The Morgan fingerprint density at radius 2 is 1.78 bits per heavy atom. The van der Waals surface area contributed by atoms with Crippen molar-refractivity contribution in [2.75, 3.05) is 40.5 Å². The molecule has 1 heterocycles. The Labute approximate surface area is 135 Å². The molecule has 0 saturated heterocycles. The maximum Gasteiger partial charge on any atom is 0.336 e. The van der Waals surface area contributed by atoms with Crippen molar-refractivity contribution < 1.29 is 23.9 Å². The summed E-state index contributed by atoms with van der Waals surface area (Å²) in [5, 5.41) is 10.7. The molecule has 126 valence electrons. The fraction of sp³-hybridized carbons (Fsp3) is 0.471. The van der Waals surface area contributed by atoms with Crippen molar-refractivity contribution in [2.45, 2.75) is 13.5 Å². The van der Waals surface area contributed by atoms with E-state index in [9.17, 15) is 9.90 Å². The molecule has 23 heavy (non-hydrogen) atoms. The zero-order chi connectivity index (χ0) is 16.8. The molecule has 0 aliphatic carbocycles. The fourth-order valence-corrected chi connectivity index (χ4v) is 2.57. The molecule has 0 radical (unpaired) electrons. The van der Waals surface area contributed by atoms with E-state index < -0.39 is 0 Å². The first kappa shape index (κ1) is 17.5. The number of hydrogen-bond acceptors (Lipinski definition) is 5. The molecule has 2 rings (SSSR count). The van der Waals surface area contributed by atoms with Crippen molar-refractivity contribution in [1.82, 2.24) is 0 Å². The summed E-state index contributed by atoms with van der Waals surface area (Å²) in [6.45, 7) is 5.28. The number of aromatic hydroxyl groups is 1. The van der Waals surface area contributed by atoms with Gasteiger partial charge in [-0.25, -0.2) is 4.79 Å². The van der Waals surface area contributed by atoms with Gasteiger partial charge in [-0.1, -0.05) is 0 Å². The van der Waals surface area contributed by atoms with E-state index in [1.807, 2.05) is 0 Å². The van der Waals surface area contributed by atoms with Crippen molar-refractivity contribution in [1.29, 1.82) is 0 Å². The lowest BCUT2D eigenvalue weighted by Crippen LogP contribution is -3.11. The van der Waals surface area contributed by atoms with Gasteiger partial charge in [0.15, 0.2) is 0 Å². The van der Waals surface area contributed by atoms with E-state index in [1.165, 1.54) is 11.0 Å². The standard InChI is InChI=1S/C17H23NO5/c1-12-8-16-14(10-15(12)19)13(9-17(20)23-16)11-18(4-6-21-2)5-7-22-3/h8-10,19H,4-7,11H2,1-3H3/p+1. The van der Waals surface area contributed by atoms with Crippen LogP contribution in [0.4, 0.5) is 0 Å². The second-order valence-corrected chi connectivity index (χ2v) is 5.64. The molecular formula is C17H24NO5+. The lowest BCUT2D eigenvalue weighted by Gasteiger charge is -2.19. The molecule has 0 saturated carbocycles. The molecule has 2 N–H and O–H groups in total. The van der Waals surface area contributed by atoms with E-state index in [0.717, 1.165) is 24.0 Å². The maximum absolute atomic E-state index is 11.8. The molecule has 1 aromatic heterocycles. The van der Waals surface area contributed by atoms with Crippen LogP contribution in [0.1, 0.15) is 11.1 Å². The Kier molecular flexibility index (Phi) is 6.15. The van der Waals surface area contributed by atoms with Gasteiger partial charge >= 0.3 is 5.63 Å². The normalized spacial score (nSPS) is 11.5. The van der Waals surface area contributed by atoms with Crippen LogP contribution in [-0.2, 0) is 16.0 Å². The number of hydrogen-bond donors (Lipinski definition) is 2. The first-order valence-electron chi connectivity index (χ1n) is 7.63. The van der Waals surface area contributed by atoms with E-state index in [4.69, 9.17) is 13.9 Å². The topological polar surface area (TPSA) is 73.3 Å². The molecule has 0 aliphatic heterocycles. The lowest BCUT2D eigenvalue weighted by molar-refractivity contribution is -0.914. The van der Waals surface area contributed by atoms with E-state index in [2.05, 4.69) is 0 Å². The predicted octanol–water partition coefficient (Wildman–Crippen LogP) is 0.485. The van der Waals surface area contributed by atoms with Crippen LogP contribution in [0.5, 0.6) is 5.75 Å². The maximum atomic E-state index is 11.8. The highest BCUT2D eigenvalue weighted by Crippen LogP contribution is 2.25. The number of nitrogens with one attached hydrogen (secondary N) is 1. The van der Waals surface area contributed by atoms with Gasteiger partial charge in [0.25, 0.3) is 0 Å². The van der Waals surface area contributed by atoms with Gasteiger partial charge in [0, 0.05) is 31.2 Å². The third-order valence-electron chi connectivity index (χ3n) is 3.91. The van der Waals surface area contributed by atoms with Crippen molar-refractivity contribution in [3.05, 3.63) is 39.7 Å². The fourth-order valence-electron chi connectivity index (χ4n) is 2.57. The van der Waals surface area contributed by atoms with E-state index >= 15 is 0 Å². The number of benzene rings is 1. The Morgan fingerprint density at radius 1 is 1.13 bits per heavy atom. The highest BCUT2D eigenvalue weighted by atomic mass is 16.5. The number of methoxy groups -OCH3 is 2. The van der Waals surface area contributed by atoms with Crippen LogP contribution in [-0.4, -0.2) is 45.6 Å². The average molecular weight is 322 g/mol. The number of phenolic OH excluding ortho intramolecular Hbond substituents is 1. The second-order valence-electron chi connectivity index (χ2n) is 5.64. The van der Waals surface area contributed by atoms with Gasteiger partial charge < -0.3 is 23.9 Å². The number of fused-ring (bicyclic) bond motifs is 1. The van der Waals surface area contributed by atoms with Crippen LogP contribution in [0.25, 0.3) is 11.0 Å². The summed E-state index contributed by atoms with van der Waals surface area (Å²) in [7, 11) is 3.34. The SMILES string of the molecule is COCC[NH+](CCOC)Cc1cc(=O)oc2cc(C)c(O)cc12. The Morgan fingerprint density at radius 3 is 2.39 bits per heavy atom. The van der Waals surface area contributed by atoms with Gasteiger partial charge in [0.1, 0.15) is 31.0 Å². The largest absolute Gasteiger partial charge is 0.508 e. The summed E-state index contributed by atoms with van der Waals surface area (Å²) in [6.07, 6.45) is 0. The molecule has 0 unspecified atom stereocenters. The molecule has 0 spiro atoms. The van der Waals surface area contributed by atoms with Gasteiger partial charge in [0.05, 0.1) is 13.2 Å². The Bertz CT molecular complexity index is 702. The summed E-state index contributed by atoms with van der Waals surface area (Å²) >= 11 is 0.